The van der Waals surface area contributed by atoms with Gasteiger partial charge in [0.25, 0.3) is 5.91 Å². The van der Waals surface area contributed by atoms with Crippen LogP contribution in [-0.4, -0.2) is 60.6 Å². The number of phenols is 1. The summed E-state index contributed by atoms with van der Waals surface area (Å²) in [5.41, 5.74) is -0.960. The van der Waals surface area contributed by atoms with Crippen molar-refractivity contribution in [2.45, 2.75) is 32.0 Å². The topological polar surface area (TPSA) is 86.5 Å². The minimum absolute atomic E-state index is 0.347. The first-order valence-corrected chi connectivity index (χ1v) is 9.50. The van der Waals surface area contributed by atoms with Crippen molar-refractivity contribution in [2.24, 2.45) is 15.9 Å². The Morgan fingerprint density at radius 3 is 2.61 bits per heavy atom. The normalized spacial score (nSPS) is 17.5. The molecule has 0 saturated carbocycles. The lowest BCUT2D eigenvalue weighted by Crippen LogP contribution is -2.35. The number of nitrogens with zero attached hydrogens (tertiary/aromatic N) is 3. The second kappa shape index (κ2) is 10.4. The highest BCUT2D eigenvalue weighted by Gasteiger charge is 2.34. The van der Waals surface area contributed by atoms with E-state index in [-0.39, 0.29) is 6.10 Å². The Bertz CT molecular complexity index is 842. The summed E-state index contributed by atoms with van der Waals surface area (Å²) < 4.78 is 57.8. The highest BCUT2D eigenvalue weighted by molar-refractivity contribution is 6.05. The average Bonchev–Trinajstić information content (AvgIpc) is 2.69. The monoisotopic (exact) mass is 444 g/mol. The summed E-state index contributed by atoms with van der Waals surface area (Å²) in [6, 6.07) is 2.99. The number of alkyl halides is 3. The van der Waals surface area contributed by atoms with Gasteiger partial charge in [-0.25, -0.2) is 9.38 Å². The van der Waals surface area contributed by atoms with Crippen molar-refractivity contribution in [3.8, 4) is 5.75 Å². The molecule has 7 nitrogen and oxygen atoms in total. The highest BCUT2D eigenvalue weighted by Crippen LogP contribution is 2.26. The van der Waals surface area contributed by atoms with Crippen LogP contribution in [0.2, 0.25) is 0 Å². The predicted molar refractivity (Wildman–Crippen MR) is 109 cm³/mol. The first-order chi connectivity index (χ1) is 14.5. The smallest absolute Gasteiger partial charge is 0.396 e. The molecule has 170 valence electrons. The summed E-state index contributed by atoms with van der Waals surface area (Å²) in [6.45, 7) is 5.79. The molecule has 1 atom stereocenters. The molecule has 0 aromatic heterocycles. The zero-order valence-electron chi connectivity index (χ0n) is 17.1. The largest absolute Gasteiger partial charge is 0.506 e. The molecule has 1 heterocycles. The molecule has 1 amide bonds. The number of aromatic hydroxyl groups is 1. The number of nitrogens with one attached hydrogen (secondary N) is 1. The Morgan fingerprint density at radius 1 is 1.39 bits per heavy atom. The number of carbonyl (C=O) groups excluding carboxylic acids is 1. The maximum Gasteiger partial charge on any atom is 0.396 e. The van der Waals surface area contributed by atoms with Crippen LogP contribution < -0.4 is 5.32 Å². The number of rotatable bonds is 5. The van der Waals surface area contributed by atoms with Gasteiger partial charge in [-0.05, 0) is 38.9 Å². The van der Waals surface area contributed by atoms with Gasteiger partial charge in [-0.15, -0.1) is 0 Å². The number of phenolic OH excluding ortho intramolecular Hbond substituents is 1. The first kappa shape index (κ1) is 24.3. The van der Waals surface area contributed by atoms with E-state index in [2.05, 4.69) is 26.8 Å². The number of benzene rings is 1. The molecule has 1 aliphatic heterocycles. The Labute approximate surface area is 177 Å². The van der Waals surface area contributed by atoms with Crippen LogP contribution in [0.5, 0.6) is 5.75 Å². The van der Waals surface area contributed by atoms with Crippen molar-refractivity contribution in [1.82, 2.24) is 4.90 Å². The van der Waals surface area contributed by atoms with Crippen molar-refractivity contribution < 1.29 is 32.2 Å². The van der Waals surface area contributed by atoms with E-state index in [1.807, 2.05) is 7.05 Å². The standard InChI is InChI=1S/C20H24F4N4O3/c1-12(20(22,23)24)11-25-19(31-14-7-9-28(3)10-8-14)26-13(2)18(30)27-17-15(21)5-4-6-16(17)29/h4-6,11-12,14,29H,2,7-10H2,1,3H3,(H,27,30). The number of ether oxygens (including phenoxy) is 1. The maximum absolute atomic E-state index is 13.8. The molecule has 0 spiro atoms. The summed E-state index contributed by atoms with van der Waals surface area (Å²) in [4.78, 5) is 21.8. The lowest BCUT2D eigenvalue weighted by Gasteiger charge is -2.28. The summed E-state index contributed by atoms with van der Waals surface area (Å²) in [7, 11) is 1.93. The fourth-order valence-electron chi connectivity index (χ4n) is 2.59. The molecule has 1 aromatic carbocycles. The van der Waals surface area contributed by atoms with Crippen LogP contribution >= 0.6 is 0 Å². The zero-order valence-corrected chi connectivity index (χ0v) is 17.1. The van der Waals surface area contributed by atoms with Gasteiger partial charge in [0, 0.05) is 19.3 Å². The van der Waals surface area contributed by atoms with Crippen molar-refractivity contribution in [1.29, 1.82) is 0 Å². The van der Waals surface area contributed by atoms with Gasteiger partial charge in [0.1, 0.15) is 23.2 Å². The zero-order chi connectivity index (χ0) is 23.2. The molecule has 0 aliphatic carbocycles. The Kier molecular flexibility index (Phi) is 8.14. The number of hydrogen-bond acceptors (Lipinski definition) is 5. The van der Waals surface area contributed by atoms with Crippen LogP contribution in [0.4, 0.5) is 23.2 Å². The predicted octanol–water partition coefficient (Wildman–Crippen LogP) is 3.72. The van der Waals surface area contributed by atoms with E-state index >= 15 is 0 Å². The maximum atomic E-state index is 13.8. The van der Waals surface area contributed by atoms with Gasteiger partial charge in [-0.2, -0.15) is 18.2 Å². The molecule has 31 heavy (non-hydrogen) atoms. The third-order valence-corrected chi connectivity index (χ3v) is 4.59. The van der Waals surface area contributed by atoms with Gasteiger partial charge in [0.15, 0.2) is 5.82 Å². The molecule has 1 saturated heterocycles. The minimum atomic E-state index is -4.50. The first-order valence-electron chi connectivity index (χ1n) is 9.50. The van der Waals surface area contributed by atoms with Crippen LogP contribution in [0.3, 0.4) is 0 Å². The number of aliphatic imine (C=N–C) groups is 2. The molecule has 0 radical (unpaired) electrons. The number of likely N-dealkylation sites (tertiary alicyclic amines) is 1. The van der Waals surface area contributed by atoms with Crippen LogP contribution in [0.25, 0.3) is 0 Å². The van der Waals surface area contributed by atoms with Gasteiger partial charge in [0.05, 0.1) is 5.92 Å². The Hall–Kier alpha value is -2.95. The fraction of sp³-hybridized carbons (Fsp3) is 0.450. The van der Waals surface area contributed by atoms with Gasteiger partial charge < -0.3 is 20.1 Å². The van der Waals surface area contributed by atoms with E-state index in [4.69, 9.17) is 4.74 Å². The molecule has 2 N–H and O–H groups in total. The SMILES string of the molecule is C=C(N=C(N=CC(C)C(F)(F)F)OC1CCN(C)CC1)C(=O)Nc1c(O)cccc1F. The highest BCUT2D eigenvalue weighted by atomic mass is 19.4. The molecule has 2 rings (SSSR count). The van der Waals surface area contributed by atoms with E-state index in [0.717, 1.165) is 13.0 Å². The minimum Gasteiger partial charge on any atom is -0.506 e. The summed E-state index contributed by atoms with van der Waals surface area (Å²) in [5.74, 6) is -4.24. The van der Waals surface area contributed by atoms with Gasteiger partial charge in [0.2, 0.25) is 0 Å². The number of halogens is 4. The molecular weight excluding hydrogens is 420 g/mol. The van der Waals surface area contributed by atoms with E-state index < -0.39 is 47.0 Å². The molecule has 1 unspecified atom stereocenters. The molecule has 11 heteroatoms. The number of hydrogen-bond donors (Lipinski definition) is 2. The molecule has 1 fully saturated rings. The van der Waals surface area contributed by atoms with Crippen LogP contribution in [0, 0.1) is 11.7 Å². The van der Waals surface area contributed by atoms with E-state index in [0.29, 0.717) is 32.1 Å². The van der Waals surface area contributed by atoms with Crippen molar-refractivity contribution in [3.63, 3.8) is 0 Å². The summed E-state index contributed by atoms with van der Waals surface area (Å²) >= 11 is 0. The van der Waals surface area contributed by atoms with Gasteiger partial charge in [-0.1, -0.05) is 12.6 Å². The number of piperidine rings is 1. The molecule has 1 aliphatic rings. The number of para-hydroxylation sites is 1. The second-order valence-corrected chi connectivity index (χ2v) is 7.16. The van der Waals surface area contributed by atoms with E-state index in [1.165, 1.54) is 12.1 Å². The summed E-state index contributed by atoms with van der Waals surface area (Å²) in [5, 5.41) is 11.8. The third kappa shape index (κ3) is 7.35. The molecular formula is C20H24F4N4O3. The van der Waals surface area contributed by atoms with Crippen LogP contribution in [0.1, 0.15) is 19.8 Å². The Morgan fingerprint density at radius 2 is 2.03 bits per heavy atom. The van der Waals surface area contributed by atoms with E-state index in [9.17, 15) is 27.5 Å². The number of anilines is 1. The molecule has 0 bridgehead atoms. The molecule has 1 aromatic rings. The van der Waals surface area contributed by atoms with Gasteiger partial charge in [-0.3, -0.25) is 4.79 Å². The fourth-order valence-corrected chi connectivity index (χ4v) is 2.59. The lowest BCUT2D eigenvalue weighted by molar-refractivity contribution is -0.149. The number of carbonyl (C=O) groups is 1. The number of amides is 1. The van der Waals surface area contributed by atoms with Gasteiger partial charge >= 0.3 is 12.2 Å². The van der Waals surface area contributed by atoms with Crippen LogP contribution in [0.15, 0.2) is 40.5 Å². The third-order valence-electron chi connectivity index (χ3n) is 4.59. The van der Waals surface area contributed by atoms with Crippen molar-refractivity contribution >= 4 is 23.8 Å². The Balaban J connectivity index is 2.18. The second-order valence-electron chi connectivity index (χ2n) is 7.16. The summed E-state index contributed by atoms with van der Waals surface area (Å²) in [6.07, 6.45) is -3.02. The van der Waals surface area contributed by atoms with E-state index in [1.54, 1.807) is 0 Å². The van der Waals surface area contributed by atoms with Crippen molar-refractivity contribution in [3.05, 3.63) is 36.3 Å². The van der Waals surface area contributed by atoms with Crippen molar-refractivity contribution in [2.75, 3.05) is 25.5 Å². The average molecular weight is 444 g/mol. The lowest BCUT2D eigenvalue weighted by atomic mass is 10.1. The number of amidine groups is 1. The van der Waals surface area contributed by atoms with Crippen LogP contribution in [-0.2, 0) is 9.53 Å². The quantitative estimate of drug-likeness (QED) is 0.238.